The minimum absolute atomic E-state index is 0.0110. The highest BCUT2D eigenvalue weighted by molar-refractivity contribution is 5.92. The van der Waals surface area contributed by atoms with Crippen molar-refractivity contribution in [2.45, 2.75) is 25.9 Å². The number of rotatable bonds is 2. The van der Waals surface area contributed by atoms with Gasteiger partial charge in [-0.1, -0.05) is 12.6 Å². The fourth-order valence-corrected chi connectivity index (χ4v) is 4.74. The molecule has 8 heteroatoms. The summed E-state index contributed by atoms with van der Waals surface area (Å²) in [5.41, 5.74) is 3.46. The van der Waals surface area contributed by atoms with Crippen LogP contribution in [0.25, 0.3) is 26.8 Å². The van der Waals surface area contributed by atoms with Crippen molar-refractivity contribution in [1.82, 2.24) is 14.5 Å². The number of halogens is 1. The fourth-order valence-electron chi connectivity index (χ4n) is 4.74. The van der Waals surface area contributed by atoms with E-state index in [1.807, 2.05) is 6.07 Å². The van der Waals surface area contributed by atoms with Crippen LogP contribution in [0.1, 0.15) is 13.8 Å². The number of aromatic nitrogens is 3. The Bertz CT molecular complexity index is 1490. The van der Waals surface area contributed by atoms with Crippen molar-refractivity contribution in [3.63, 3.8) is 0 Å². The van der Waals surface area contributed by atoms with Crippen molar-refractivity contribution < 1.29 is 4.39 Å². The van der Waals surface area contributed by atoms with Gasteiger partial charge >= 0.3 is 0 Å². The van der Waals surface area contributed by atoms with Gasteiger partial charge in [0.25, 0.3) is 11.4 Å². The van der Waals surface area contributed by atoms with E-state index in [0.717, 1.165) is 22.3 Å². The lowest BCUT2D eigenvalue weighted by molar-refractivity contribution is 0.481. The molecule has 4 heterocycles. The summed E-state index contributed by atoms with van der Waals surface area (Å²) in [4.78, 5) is 29.6. The molecule has 0 aliphatic carbocycles. The molecule has 0 saturated carbocycles. The molecule has 7 nitrogen and oxygen atoms in total. The van der Waals surface area contributed by atoms with E-state index in [4.69, 9.17) is 6.57 Å². The highest BCUT2D eigenvalue weighted by Crippen LogP contribution is 2.34. The molecule has 0 radical (unpaired) electrons. The molecule has 1 aliphatic heterocycles. The second-order valence-corrected chi connectivity index (χ2v) is 8.58. The zero-order valence-electron chi connectivity index (χ0n) is 18.7. The summed E-state index contributed by atoms with van der Waals surface area (Å²) in [6.07, 6.45) is 1.72. The largest absolute Gasteiger partial charge is 0.363 e. The SMILES string of the molecule is [C-]#[N+]c1ccc2c(n1)c(N1C[C@@H](C)N(c3cc(F)cc4cccnc34)C[C@@H]1C)cc(=O)n2C. The average Bonchev–Trinajstić information content (AvgIpc) is 2.81. The summed E-state index contributed by atoms with van der Waals surface area (Å²) in [5.74, 6) is 0.000229. The Balaban J connectivity index is 1.58. The van der Waals surface area contributed by atoms with E-state index in [0.29, 0.717) is 29.9 Å². The van der Waals surface area contributed by atoms with Crippen LogP contribution in [0.3, 0.4) is 0 Å². The van der Waals surface area contributed by atoms with Crippen molar-refractivity contribution in [3.8, 4) is 0 Å². The number of piperazine rings is 1. The molecule has 0 amide bonds. The standard InChI is InChI=1S/C25H23FN6O/c1-15-14-32(21-12-23(33)30(4)19-7-8-22(27-3)29-25(19)21)16(2)13-31(15)20-11-18(26)10-17-6-5-9-28-24(17)20/h5-12,15-16H,13-14H2,1-2,4H3/t15-,16+/m1/s1. The van der Waals surface area contributed by atoms with E-state index in [2.05, 4.69) is 38.5 Å². The quantitative estimate of drug-likeness (QED) is 0.434. The highest BCUT2D eigenvalue weighted by Gasteiger charge is 2.33. The van der Waals surface area contributed by atoms with Crippen molar-refractivity contribution in [2.75, 3.05) is 22.9 Å². The lowest BCUT2D eigenvalue weighted by atomic mass is 10.0. The first-order chi connectivity index (χ1) is 15.9. The van der Waals surface area contributed by atoms with Crippen molar-refractivity contribution in [2.24, 2.45) is 7.05 Å². The van der Waals surface area contributed by atoms with E-state index >= 15 is 0 Å². The van der Waals surface area contributed by atoms with Crippen LogP contribution in [0.4, 0.5) is 21.6 Å². The normalized spacial score (nSPS) is 18.6. The molecule has 0 bridgehead atoms. The molecule has 2 atom stereocenters. The molecule has 1 aromatic carbocycles. The van der Waals surface area contributed by atoms with E-state index in [1.54, 1.807) is 48.1 Å². The number of pyridine rings is 3. The van der Waals surface area contributed by atoms with Gasteiger partial charge in [-0.05, 0) is 44.2 Å². The lowest BCUT2D eigenvalue weighted by Crippen LogP contribution is -2.57. The molecule has 33 heavy (non-hydrogen) atoms. The predicted molar refractivity (Wildman–Crippen MR) is 129 cm³/mol. The molecule has 1 saturated heterocycles. The number of fused-ring (bicyclic) bond motifs is 2. The van der Waals surface area contributed by atoms with Gasteiger partial charge in [0.2, 0.25) is 5.52 Å². The van der Waals surface area contributed by atoms with Crippen LogP contribution in [0, 0.1) is 12.4 Å². The number of benzene rings is 1. The monoisotopic (exact) mass is 442 g/mol. The summed E-state index contributed by atoms with van der Waals surface area (Å²) in [6.45, 7) is 12.7. The zero-order valence-corrected chi connectivity index (χ0v) is 18.7. The molecule has 0 spiro atoms. The Morgan fingerprint density at radius 3 is 2.42 bits per heavy atom. The van der Waals surface area contributed by atoms with Gasteiger partial charge in [0.15, 0.2) is 0 Å². The summed E-state index contributed by atoms with van der Waals surface area (Å²) in [6, 6.07) is 11.8. The van der Waals surface area contributed by atoms with Crippen LogP contribution in [-0.2, 0) is 7.05 Å². The highest BCUT2D eigenvalue weighted by atomic mass is 19.1. The van der Waals surface area contributed by atoms with Gasteiger partial charge < -0.3 is 19.2 Å². The second-order valence-electron chi connectivity index (χ2n) is 8.58. The molecule has 5 rings (SSSR count). The smallest absolute Gasteiger partial charge is 0.270 e. The number of hydrogen-bond acceptors (Lipinski definition) is 5. The van der Waals surface area contributed by atoms with Crippen LogP contribution in [-0.4, -0.2) is 39.7 Å². The van der Waals surface area contributed by atoms with Gasteiger partial charge in [0, 0.05) is 49.9 Å². The first kappa shape index (κ1) is 20.9. The van der Waals surface area contributed by atoms with Gasteiger partial charge in [-0.2, -0.15) is 0 Å². The van der Waals surface area contributed by atoms with E-state index in [-0.39, 0.29) is 23.5 Å². The number of nitrogens with zero attached hydrogens (tertiary/aromatic N) is 6. The maximum Gasteiger partial charge on any atom is 0.270 e. The Hall–Kier alpha value is -3.99. The summed E-state index contributed by atoms with van der Waals surface area (Å²) >= 11 is 0. The van der Waals surface area contributed by atoms with Crippen molar-refractivity contribution >= 4 is 39.1 Å². The maximum atomic E-state index is 14.4. The van der Waals surface area contributed by atoms with Gasteiger partial charge in [-0.25, -0.2) is 4.39 Å². The Kier molecular flexibility index (Phi) is 4.97. The first-order valence-electron chi connectivity index (χ1n) is 10.8. The third-order valence-corrected chi connectivity index (χ3v) is 6.42. The van der Waals surface area contributed by atoms with E-state index in [9.17, 15) is 9.18 Å². The number of anilines is 2. The van der Waals surface area contributed by atoms with Gasteiger partial charge in [-0.3, -0.25) is 9.78 Å². The molecule has 4 aromatic rings. The molecule has 0 N–H and O–H groups in total. The van der Waals surface area contributed by atoms with Gasteiger partial charge in [0.1, 0.15) is 5.82 Å². The molecule has 166 valence electrons. The minimum atomic E-state index is -0.291. The molecule has 1 fully saturated rings. The van der Waals surface area contributed by atoms with Crippen molar-refractivity contribution in [3.05, 3.63) is 76.2 Å². The lowest BCUT2D eigenvalue weighted by Gasteiger charge is -2.46. The molecular weight excluding hydrogens is 419 g/mol. The Morgan fingerprint density at radius 2 is 1.73 bits per heavy atom. The molecule has 0 unspecified atom stereocenters. The van der Waals surface area contributed by atoms with Crippen LogP contribution < -0.4 is 15.4 Å². The number of hydrogen-bond donors (Lipinski definition) is 0. The van der Waals surface area contributed by atoms with E-state index in [1.165, 1.54) is 6.07 Å². The third-order valence-electron chi connectivity index (χ3n) is 6.42. The van der Waals surface area contributed by atoms with E-state index < -0.39 is 0 Å². The van der Waals surface area contributed by atoms with Gasteiger partial charge in [0.05, 0.1) is 22.4 Å². The third kappa shape index (κ3) is 3.46. The minimum Gasteiger partial charge on any atom is -0.363 e. The summed E-state index contributed by atoms with van der Waals surface area (Å²) in [7, 11) is 1.71. The maximum absolute atomic E-state index is 14.4. The van der Waals surface area contributed by atoms with Crippen LogP contribution in [0.2, 0.25) is 0 Å². The van der Waals surface area contributed by atoms with Gasteiger partial charge in [-0.15, -0.1) is 4.98 Å². The molecule has 1 aliphatic rings. The Morgan fingerprint density at radius 1 is 1.03 bits per heavy atom. The topological polar surface area (TPSA) is 58.6 Å². The summed E-state index contributed by atoms with van der Waals surface area (Å²) in [5, 5.41) is 0.767. The van der Waals surface area contributed by atoms with Crippen molar-refractivity contribution in [1.29, 1.82) is 0 Å². The molecule has 3 aromatic heterocycles. The Labute approximate surface area is 190 Å². The predicted octanol–water partition coefficient (Wildman–Crippen LogP) is 4.28. The number of aryl methyl sites for hydroxylation is 1. The van der Waals surface area contributed by atoms with Crippen LogP contribution in [0.5, 0.6) is 0 Å². The zero-order chi connectivity index (χ0) is 23.3. The first-order valence-corrected chi connectivity index (χ1v) is 10.8. The van der Waals surface area contributed by atoms with Crippen LogP contribution in [0.15, 0.2) is 53.5 Å². The average molecular weight is 442 g/mol. The second kappa shape index (κ2) is 7.85. The summed E-state index contributed by atoms with van der Waals surface area (Å²) < 4.78 is 16.0. The fraction of sp³-hybridized carbons (Fsp3) is 0.280. The molecular formula is C25H23FN6O. The van der Waals surface area contributed by atoms with Crippen LogP contribution >= 0.6 is 0 Å².